The minimum Gasteiger partial charge on any atom is -0.362 e. The van der Waals surface area contributed by atoms with Gasteiger partial charge in [-0.3, -0.25) is 9.69 Å². The lowest BCUT2D eigenvalue weighted by Crippen LogP contribution is -2.43. The standard InChI is InChI=1S/C21H30BrFN4O2Si/c1-15-12-16(7-8-18(15)23)13-17-6-5-9-26(19(17)28)21-24-20(22)25-27(21)14-29-10-11-30(2,3)4/h7-8,12,17H,5-6,9-11,13-14H2,1-4H3/q-1. The summed E-state index contributed by atoms with van der Waals surface area (Å²) in [7, 11) is -1.17. The van der Waals surface area contributed by atoms with Gasteiger partial charge in [-0.1, -0.05) is 12.1 Å². The molecule has 3 rings (SSSR count). The molecule has 0 spiro atoms. The van der Waals surface area contributed by atoms with Crippen LogP contribution in [0.15, 0.2) is 22.9 Å². The summed E-state index contributed by atoms with van der Waals surface area (Å²) in [6, 6.07) is 6.13. The smallest absolute Gasteiger partial charge is 0.233 e. The van der Waals surface area contributed by atoms with Gasteiger partial charge in [0, 0.05) is 19.1 Å². The van der Waals surface area contributed by atoms with Crippen LogP contribution in [0.3, 0.4) is 0 Å². The molecule has 1 unspecified atom stereocenters. The highest BCUT2D eigenvalue weighted by Crippen LogP contribution is 2.27. The fourth-order valence-electron chi connectivity index (χ4n) is 3.58. The molecule has 30 heavy (non-hydrogen) atoms. The quantitative estimate of drug-likeness (QED) is 0.389. The summed E-state index contributed by atoms with van der Waals surface area (Å²) in [4.78, 5) is 19.4. The van der Waals surface area contributed by atoms with Gasteiger partial charge < -0.3 is 4.74 Å². The third kappa shape index (κ3) is 5.98. The lowest BCUT2D eigenvalue weighted by molar-refractivity contribution is -0.123. The number of benzene rings is 1. The molecule has 1 aliphatic heterocycles. The minimum absolute atomic E-state index is 0.0338. The van der Waals surface area contributed by atoms with Crippen LogP contribution in [0.1, 0.15) is 24.0 Å². The first kappa shape index (κ1) is 23.1. The Kier molecular flexibility index (Phi) is 7.46. The highest BCUT2D eigenvalue weighted by Gasteiger charge is 2.32. The fraction of sp³-hybridized carbons (Fsp3) is 0.571. The van der Waals surface area contributed by atoms with Crippen LogP contribution in [0.4, 0.5) is 10.3 Å². The lowest BCUT2D eigenvalue weighted by atomic mass is 9.90. The summed E-state index contributed by atoms with van der Waals surface area (Å²) in [5, 5.41) is 4.36. The minimum atomic E-state index is -1.17. The Labute approximate surface area is 187 Å². The maximum atomic E-state index is 13.6. The molecule has 0 N–H and O–H groups in total. The average Bonchev–Trinajstić information content (AvgIpc) is 3.03. The molecule has 1 atom stereocenters. The number of aryl methyl sites for hydroxylation is 1. The molecule has 1 amide bonds. The summed E-state index contributed by atoms with van der Waals surface area (Å²) in [5.41, 5.74) is 1.58. The molecule has 165 valence electrons. The second-order valence-corrected chi connectivity index (χ2v) is 15.5. The third-order valence-electron chi connectivity index (χ3n) is 5.33. The monoisotopic (exact) mass is 496 g/mol. The highest BCUT2D eigenvalue weighted by molar-refractivity contribution is 9.10. The topological polar surface area (TPSA) is 60.3 Å². The second-order valence-electron chi connectivity index (χ2n) is 9.15. The third-order valence-corrected chi connectivity index (χ3v) is 7.37. The summed E-state index contributed by atoms with van der Waals surface area (Å²) in [6.45, 7) is 10.2. The van der Waals surface area contributed by atoms with Crippen molar-refractivity contribution < 1.29 is 13.9 Å². The van der Waals surface area contributed by atoms with Crippen molar-refractivity contribution in [3.63, 3.8) is 0 Å². The average molecular weight is 497 g/mol. The SMILES string of the molecule is Cc1cc(CC2CCCN(c3nc(Br)nn3COCC[Si-](C)(C)C)C2=O)ccc1F. The Balaban J connectivity index is 1.69. The normalized spacial score (nSPS) is 17.6. The van der Waals surface area contributed by atoms with Crippen LogP contribution in [0.2, 0.25) is 25.7 Å². The van der Waals surface area contributed by atoms with Gasteiger partial charge in [0.15, 0.2) is 0 Å². The first-order valence-electron chi connectivity index (χ1n) is 10.4. The Morgan fingerprint density at radius 2 is 2.10 bits per heavy atom. The number of aromatic nitrogens is 3. The molecular formula is C21H30BrFN4O2Si-. The molecule has 1 aromatic heterocycles. The number of carbonyl (C=O) groups is 1. The van der Waals surface area contributed by atoms with E-state index in [1.165, 1.54) is 6.07 Å². The predicted molar refractivity (Wildman–Crippen MR) is 122 cm³/mol. The van der Waals surface area contributed by atoms with Gasteiger partial charge in [-0.05, 0) is 59.3 Å². The number of piperidine rings is 1. The van der Waals surface area contributed by atoms with Crippen LogP contribution < -0.4 is 4.90 Å². The first-order chi connectivity index (χ1) is 14.1. The number of carbonyl (C=O) groups excluding carboxylic acids is 1. The van der Waals surface area contributed by atoms with E-state index in [9.17, 15) is 9.18 Å². The summed E-state index contributed by atoms with van der Waals surface area (Å²) < 4.78 is 21.5. The maximum Gasteiger partial charge on any atom is 0.233 e. The molecule has 0 aliphatic carbocycles. The number of anilines is 1. The summed E-state index contributed by atoms with van der Waals surface area (Å²) >= 11 is 3.33. The molecule has 6 nitrogen and oxygen atoms in total. The Morgan fingerprint density at radius 3 is 2.80 bits per heavy atom. The molecule has 1 fully saturated rings. The molecule has 0 saturated carbocycles. The van der Waals surface area contributed by atoms with Crippen LogP contribution in [0.25, 0.3) is 0 Å². The van der Waals surface area contributed by atoms with Gasteiger partial charge in [0.1, 0.15) is 12.5 Å². The maximum absolute atomic E-state index is 13.6. The molecule has 0 radical (unpaired) electrons. The van der Waals surface area contributed by atoms with Crippen molar-refractivity contribution in [3.05, 3.63) is 39.9 Å². The van der Waals surface area contributed by atoms with Crippen molar-refractivity contribution in [3.8, 4) is 0 Å². The van der Waals surface area contributed by atoms with Crippen molar-refractivity contribution in [1.29, 1.82) is 0 Å². The fourth-order valence-corrected chi connectivity index (χ4v) is 4.69. The van der Waals surface area contributed by atoms with Crippen molar-refractivity contribution >= 4 is 35.9 Å². The van der Waals surface area contributed by atoms with Gasteiger partial charge in [-0.25, -0.2) is 9.07 Å². The number of hydrogen-bond donors (Lipinski definition) is 0. The summed E-state index contributed by atoms with van der Waals surface area (Å²) in [5.74, 6) is 0.175. The van der Waals surface area contributed by atoms with Gasteiger partial charge in [0.25, 0.3) is 0 Å². The van der Waals surface area contributed by atoms with Crippen LogP contribution in [-0.4, -0.2) is 41.9 Å². The van der Waals surface area contributed by atoms with E-state index in [1.54, 1.807) is 22.6 Å². The highest BCUT2D eigenvalue weighted by atomic mass is 79.9. The summed E-state index contributed by atoms with van der Waals surface area (Å²) in [6.07, 6.45) is 2.30. The lowest BCUT2D eigenvalue weighted by Gasteiger charge is -2.31. The number of hydrogen-bond acceptors (Lipinski definition) is 4. The van der Waals surface area contributed by atoms with Crippen LogP contribution >= 0.6 is 15.9 Å². The largest absolute Gasteiger partial charge is 0.362 e. The Hall–Kier alpha value is -1.58. The van der Waals surface area contributed by atoms with E-state index in [2.05, 4.69) is 45.7 Å². The molecular weight excluding hydrogens is 467 g/mol. The van der Waals surface area contributed by atoms with Crippen molar-refractivity contribution in [2.24, 2.45) is 5.92 Å². The number of nitrogens with zero attached hydrogens (tertiary/aromatic N) is 4. The van der Waals surface area contributed by atoms with Crippen LogP contribution in [-0.2, 0) is 22.7 Å². The number of amides is 1. The number of rotatable bonds is 8. The molecule has 1 aromatic carbocycles. The first-order valence-corrected chi connectivity index (χ1v) is 14.9. The van der Waals surface area contributed by atoms with Crippen molar-refractivity contribution in [1.82, 2.24) is 14.8 Å². The van der Waals surface area contributed by atoms with Crippen LogP contribution in [0, 0.1) is 18.7 Å². The van der Waals surface area contributed by atoms with Gasteiger partial charge in [-0.2, -0.15) is 24.6 Å². The molecule has 0 bridgehead atoms. The van der Waals surface area contributed by atoms with E-state index in [1.807, 2.05) is 6.07 Å². The van der Waals surface area contributed by atoms with E-state index >= 15 is 0 Å². The van der Waals surface area contributed by atoms with E-state index in [0.717, 1.165) is 24.4 Å². The Bertz CT molecular complexity index is 900. The molecule has 1 saturated heterocycles. The molecule has 2 heterocycles. The Morgan fingerprint density at radius 1 is 1.33 bits per heavy atom. The predicted octanol–water partition coefficient (Wildman–Crippen LogP) is 4.79. The van der Waals surface area contributed by atoms with Gasteiger partial charge >= 0.3 is 0 Å². The van der Waals surface area contributed by atoms with Crippen molar-refractivity contribution in [2.75, 3.05) is 18.1 Å². The zero-order valence-corrected chi connectivity index (χ0v) is 20.7. The van der Waals surface area contributed by atoms with Gasteiger partial charge in [0.05, 0.1) is 0 Å². The molecule has 9 heteroatoms. The van der Waals surface area contributed by atoms with Gasteiger partial charge in [-0.15, -0.1) is 19.2 Å². The zero-order chi connectivity index (χ0) is 21.9. The molecule has 1 aliphatic rings. The van der Waals surface area contributed by atoms with E-state index in [4.69, 9.17) is 4.74 Å². The van der Waals surface area contributed by atoms with E-state index < -0.39 is 8.07 Å². The van der Waals surface area contributed by atoms with Crippen molar-refractivity contribution in [2.45, 2.75) is 58.6 Å². The molecule has 2 aromatic rings. The zero-order valence-electron chi connectivity index (χ0n) is 18.1. The van der Waals surface area contributed by atoms with Gasteiger partial charge in [0.2, 0.25) is 16.6 Å². The van der Waals surface area contributed by atoms with E-state index in [0.29, 0.717) is 35.8 Å². The number of halogens is 2. The van der Waals surface area contributed by atoms with Crippen LogP contribution in [0.5, 0.6) is 0 Å². The number of ether oxygens (including phenoxy) is 1. The van der Waals surface area contributed by atoms with E-state index in [-0.39, 0.29) is 24.4 Å². The second kappa shape index (κ2) is 9.70.